The summed E-state index contributed by atoms with van der Waals surface area (Å²) >= 11 is 0. The Balaban J connectivity index is 1.82. The number of hydrogen-bond acceptors (Lipinski definition) is 1. The van der Waals surface area contributed by atoms with Gasteiger partial charge in [0.25, 0.3) is 0 Å². The maximum atomic E-state index is 5.87. The Morgan fingerprint density at radius 1 is 0.667 bits per heavy atom. The van der Waals surface area contributed by atoms with E-state index >= 15 is 0 Å². The van der Waals surface area contributed by atoms with E-state index in [1.807, 2.05) is 30.3 Å². The van der Waals surface area contributed by atoms with E-state index in [2.05, 4.69) is 42.5 Å². The highest BCUT2D eigenvalue weighted by Crippen LogP contribution is 2.23. The number of rotatable bonds is 3. The molecule has 0 N–H and O–H groups in total. The van der Waals surface area contributed by atoms with Gasteiger partial charge in [-0.3, -0.25) is 0 Å². The Bertz CT molecular complexity index is 608. The maximum absolute atomic E-state index is 5.87. The maximum Gasteiger partial charge on any atom is 0.134 e. The second-order valence-electron chi connectivity index (χ2n) is 4.29. The Labute approximate surface area is 107 Å². The predicted octanol–water partition coefficient (Wildman–Crippen LogP) is 4.54. The molecule has 0 saturated heterocycles. The zero-order valence-corrected chi connectivity index (χ0v) is 10.0. The zero-order valence-electron chi connectivity index (χ0n) is 10.0. The van der Waals surface area contributed by atoms with Crippen molar-refractivity contribution in [2.75, 3.05) is 0 Å². The molecule has 0 bridgehead atoms. The van der Waals surface area contributed by atoms with Crippen LogP contribution in [0.25, 0.3) is 11.3 Å². The van der Waals surface area contributed by atoms with Gasteiger partial charge in [0.05, 0.1) is 0 Å². The standard InChI is InChI=1S/C17H14O/c1-3-7-14(8-4-1)13-16-11-12-17(18-16)15-9-5-2-6-10-15/h1-12H,13H2. The molecule has 0 atom stereocenters. The number of furan rings is 1. The summed E-state index contributed by atoms with van der Waals surface area (Å²) in [6.07, 6.45) is 0.841. The lowest BCUT2D eigenvalue weighted by Crippen LogP contribution is -1.83. The first-order chi connectivity index (χ1) is 8.92. The van der Waals surface area contributed by atoms with E-state index in [9.17, 15) is 0 Å². The number of hydrogen-bond donors (Lipinski definition) is 0. The molecular formula is C17H14O. The fourth-order valence-electron chi connectivity index (χ4n) is 2.03. The van der Waals surface area contributed by atoms with Crippen molar-refractivity contribution >= 4 is 0 Å². The fraction of sp³-hybridized carbons (Fsp3) is 0.0588. The van der Waals surface area contributed by atoms with Crippen LogP contribution in [0.1, 0.15) is 11.3 Å². The van der Waals surface area contributed by atoms with Crippen LogP contribution in [0.3, 0.4) is 0 Å². The normalized spacial score (nSPS) is 10.4. The van der Waals surface area contributed by atoms with Gasteiger partial charge in [-0.15, -0.1) is 0 Å². The summed E-state index contributed by atoms with van der Waals surface area (Å²) in [6.45, 7) is 0. The molecule has 0 aliphatic carbocycles. The second-order valence-corrected chi connectivity index (χ2v) is 4.29. The van der Waals surface area contributed by atoms with Gasteiger partial charge < -0.3 is 4.42 Å². The minimum atomic E-state index is 0.841. The summed E-state index contributed by atoms with van der Waals surface area (Å²) in [5.74, 6) is 1.93. The molecule has 18 heavy (non-hydrogen) atoms. The van der Waals surface area contributed by atoms with Crippen LogP contribution >= 0.6 is 0 Å². The van der Waals surface area contributed by atoms with E-state index in [1.54, 1.807) is 0 Å². The Hall–Kier alpha value is -2.28. The monoisotopic (exact) mass is 234 g/mol. The molecule has 0 unspecified atom stereocenters. The van der Waals surface area contributed by atoms with Gasteiger partial charge in [-0.2, -0.15) is 0 Å². The molecule has 0 saturated carbocycles. The Kier molecular flexibility index (Phi) is 2.97. The number of benzene rings is 2. The van der Waals surface area contributed by atoms with Gasteiger partial charge in [0, 0.05) is 12.0 Å². The molecule has 1 nitrogen and oxygen atoms in total. The van der Waals surface area contributed by atoms with Crippen molar-refractivity contribution < 1.29 is 4.42 Å². The van der Waals surface area contributed by atoms with E-state index in [-0.39, 0.29) is 0 Å². The summed E-state index contributed by atoms with van der Waals surface area (Å²) in [7, 11) is 0. The van der Waals surface area contributed by atoms with Gasteiger partial charge in [0.2, 0.25) is 0 Å². The van der Waals surface area contributed by atoms with E-state index in [0.29, 0.717) is 0 Å². The molecule has 3 rings (SSSR count). The average molecular weight is 234 g/mol. The third-order valence-electron chi connectivity index (χ3n) is 2.94. The van der Waals surface area contributed by atoms with Crippen molar-refractivity contribution in [1.29, 1.82) is 0 Å². The van der Waals surface area contributed by atoms with Gasteiger partial charge in [0.1, 0.15) is 11.5 Å². The minimum Gasteiger partial charge on any atom is -0.461 e. The van der Waals surface area contributed by atoms with E-state index in [4.69, 9.17) is 4.42 Å². The fourth-order valence-corrected chi connectivity index (χ4v) is 2.03. The van der Waals surface area contributed by atoms with Crippen LogP contribution in [0.4, 0.5) is 0 Å². The summed E-state index contributed by atoms with van der Waals surface area (Å²) in [5.41, 5.74) is 2.39. The van der Waals surface area contributed by atoms with Crippen molar-refractivity contribution in [3.05, 3.63) is 84.1 Å². The molecule has 88 valence electrons. The highest BCUT2D eigenvalue weighted by Gasteiger charge is 2.04. The van der Waals surface area contributed by atoms with Crippen LogP contribution in [0.15, 0.2) is 77.2 Å². The van der Waals surface area contributed by atoms with E-state index < -0.39 is 0 Å². The molecule has 0 spiro atoms. The molecule has 0 aliphatic rings. The van der Waals surface area contributed by atoms with Gasteiger partial charge >= 0.3 is 0 Å². The van der Waals surface area contributed by atoms with Crippen molar-refractivity contribution in [2.24, 2.45) is 0 Å². The zero-order chi connectivity index (χ0) is 12.2. The van der Waals surface area contributed by atoms with Gasteiger partial charge in [-0.05, 0) is 17.7 Å². The molecule has 0 aliphatic heterocycles. The van der Waals surface area contributed by atoms with Crippen LogP contribution in [0.5, 0.6) is 0 Å². The first-order valence-corrected chi connectivity index (χ1v) is 6.10. The van der Waals surface area contributed by atoms with E-state index in [1.165, 1.54) is 5.56 Å². The SMILES string of the molecule is c1ccc(Cc2ccc(-c3ccccc3)o2)cc1. The van der Waals surface area contributed by atoms with Crippen LogP contribution in [-0.2, 0) is 6.42 Å². The lowest BCUT2D eigenvalue weighted by atomic mass is 10.1. The van der Waals surface area contributed by atoms with Gasteiger partial charge in [0.15, 0.2) is 0 Å². The summed E-state index contributed by atoms with van der Waals surface area (Å²) in [5, 5.41) is 0. The molecule has 0 radical (unpaired) electrons. The first-order valence-electron chi connectivity index (χ1n) is 6.10. The molecule has 1 heteroatoms. The minimum absolute atomic E-state index is 0.841. The Morgan fingerprint density at radius 2 is 1.33 bits per heavy atom. The lowest BCUT2D eigenvalue weighted by molar-refractivity contribution is 0.534. The van der Waals surface area contributed by atoms with Crippen LogP contribution in [0.2, 0.25) is 0 Å². The van der Waals surface area contributed by atoms with Gasteiger partial charge in [-0.25, -0.2) is 0 Å². The predicted molar refractivity (Wildman–Crippen MR) is 73.4 cm³/mol. The first kappa shape index (κ1) is 10.8. The average Bonchev–Trinajstić information content (AvgIpc) is 2.89. The third kappa shape index (κ3) is 2.35. The summed E-state index contributed by atoms with van der Waals surface area (Å²) in [4.78, 5) is 0. The van der Waals surface area contributed by atoms with Crippen LogP contribution < -0.4 is 0 Å². The van der Waals surface area contributed by atoms with Crippen LogP contribution in [-0.4, -0.2) is 0 Å². The second kappa shape index (κ2) is 4.92. The largest absolute Gasteiger partial charge is 0.461 e. The Morgan fingerprint density at radius 3 is 2.06 bits per heavy atom. The summed E-state index contributed by atoms with van der Waals surface area (Å²) in [6, 6.07) is 24.6. The lowest BCUT2D eigenvalue weighted by Gasteiger charge is -1.98. The molecule has 0 fully saturated rings. The quantitative estimate of drug-likeness (QED) is 0.648. The van der Waals surface area contributed by atoms with Crippen LogP contribution in [0, 0.1) is 0 Å². The topological polar surface area (TPSA) is 13.1 Å². The highest BCUT2D eigenvalue weighted by atomic mass is 16.3. The van der Waals surface area contributed by atoms with Crippen molar-refractivity contribution in [3.8, 4) is 11.3 Å². The van der Waals surface area contributed by atoms with Crippen molar-refractivity contribution in [1.82, 2.24) is 0 Å². The van der Waals surface area contributed by atoms with E-state index in [0.717, 1.165) is 23.5 Å². The molecule has 3 aromatic rings. The molecule has 2 aromatic carbocycles. The smallest absolute Gasteiger partial charge is 0.134 e. The molecule has 1 aromatic heterocycles. The molecular weight excluding hydrogens is 220 g/mol. The third-order valence-corrected chi connectivity index (χ3v) is 2.94. The molecule has 1 heterocycles. The van der Waals surface area contributed by atoms with Crippen molar-refractivity contribution in [2.45, 2.75) is 6.42 Å². The van der Waals surface area contributed by atoms with Crippen molar-refractivity contribution in [3.63, 3.8) is 0 Å². The highest BCUT2D eigenvalue weighted by molar-refractivity contribution is 5.57. The molecule has 0 amide bonds. The van der Waals surface area contributed by atoms with Gasteiger partial charge in [-0.1, -0.05) is 60.7 Å². The summed E-state index contributed by atoms with van der Waals surface area (Å²) < 4.78 is 5.87.